The number of hydrogen-bond donors (Lipinski definition) is 2. The van der Waals surface area contributed by atoms with Crippen LogP contribution in [0.5, 0.6) is 5.75 Å². The summed E-state index contributed by atoms with van der Waals surface area (Å²) in [6, 6.07) is 22.0. The summed E-state index contributed by atoms with van der Waals surface area (Å²) in [6.45, 7) is 0.563. The molecular formula is C22H18Cl2N2O2S. The van der Waals surface area contributed by atoms with E-state index in [9.17, 15) is 4.79 Å². The predicted molar refractivity (Wildman–Crippen MR) is 122 cm³/mol. The zero-order chi connectivity index (χ0) is 20.6. The molecule has 0 aliphatic carbocycles. The molecule has 0 unspecified atom stereocenters. The first kappa shape index (κ1) is 21.1. The van der Waals surface area contributed by atoms with Gasteiger partial charge in [-0.3, -0.25) is 10.1 Å². The lowest BCUT2D eigenvalue weighted by Crippen LogP contribution is -2.34. The molecule has 29 heavy (non-hydrogen) atoms. The molecule has 0 saturated heterocycles. The number of rotatable bonds is 6. The Labute approximate surface area is 184 Å². The number of nitrogens with one attached hydrogen (secondary N) is 2. The molecular weight excluding hydrogens is 427 g/mol. The molecule has 1 amide bonds. The van der Waals surface area contributed by atoms with Crippen LogP contribution >= 0.6 is 35.4 Å². The van der Waals surface area contributed by atoms with Gasteiger partial charge in [-0.1, -0.05) is 53.5 Å². The fraction of sp³-hybridized carbons (Fsp3) is 0.0909. The topological polar surface area (TPSA) is 50.4 Å². The maximum absolute atomic E-state index is 12.4. The summed E-state index contributed by atoms with van der Waals surface area (Å²) in [7, 11) is 0. The van der Waals surface area contributed by atoms with E-state index in [0.29, 0.717) is 33.7 Å². The van der Waals surface area contributed by atoms with Gasteiger partial charge in [-0.2, -0.15) is 0 Å². The van der Waals surface area contributed by atoms with Gasteiger partial charge in [0.15, 0.2) is 5.11 Å². The second-order valence-corrected chi connectivity index (χ2v) is 7.37. The molecule has 2 N–H and O–H groups in total. The van der Waals surface area contributed by atoms with Gasteiger partial charge in [0, 0.05) is 17.7 Å². The molecule has 3 rings (SSSR count). The summed E-state index contributed by atoms with van der Waals surface area (Å²) in [6.07, 6.45) is 0.817. The van der Waals surface area contributed by atoms with Crippen LogP contribution in [0.1, 0.15) is 15.9 Å². The monoisotopic (exact) mass is 444 g/mol. The molecule has 0 bridgehead atoms. The molecule has 3 aromatic rings. The molecule has 7 heteroatoms. The van der Waals surface area contributed by atoms with Gasteiger partial charge in [0.25, 0.3) is 5.91 Å². The van der Waals surface area contributed by atoms with Gasteiger partial charge in [-0.05, 0) is 60.2 Å². The summed E-state index contributed by atoms with van der Waals surface area (Å²) in [5, 5.41) is 6.53. The number of amides is 1. The van der Waals surface area contributed by atoms with E-state index in [-0.39, 0.29) is 11.0 Å². The van der Waals surface area contributed by atoms with Crippen molar-refractivity contribution in [3.8, 4) is 5.75 Å². The highest BCUT2D eigenvalue weighted by atomic mass is 35.5. The highest BCUT2D eigenvalue weighted by molar-refractivity contribution is 7.80. The Hall–Kier alpha value is -2.60. The Morgan fingerprint density at radius 2 is 1.66 bits per heavy atom. The minimum atomic E-state index is -0.321. The Kier molecular flexibility index (Phi) is 7.47. The second kappa shape index (κ2) is 10.3. The first-order chi connectivity index (χ1) is 14.0. The molecule has 0 aromatic heterocycles. The Morgan fingerprint density at radius 3 is 2.34 bits per heavy atom. The smallest absolute Gasteiger partial charge is 0.257 e. The molecule has 0 saturated carbocycles. The number of thiocarbonyl (C=S) groups is 1. The van der Waals surface area contributed by atoms with E-state index < -0.39 is 0 Å². The van der Waals surface area contributed by atoms with Crippen molar-refractivity contribution < 1.29 is 9.53 Å². The van der Waals surface area contributed by atoms with Crippen LogP contribution in [0.2, 0.25) is 10.0 Å². The van der Waals surface area contributed by atoms with Crippen molar-refractivity contribution in [3.05, 3.63) is 94.0 Å². The van der Waals surface area contributed by atoms with Gasteiger partial charge in [0.1, 0.15) is 5.75 Å². The van der Waals surface area contributed by atoms with Crippen LogP contribution in [0.3, 0.4) is 0 Å². The van der Waals surface area contributed by atoms with Gasteiger partial charge in [-0.15, -0.1) is 0 Å². The summed E-state index contributed by atoms with van der Waals surface area (Å²) in [4.78, 5) is 12.4. The van der Waals surface area contributed by atoms with Crippen molar-refractivity contribution in [1.29, 1.82) is 0 Å². The number of anilines is 1. The SMILES string of the molecule is O=C(NC(=S)Nc1ccc(Cl)c(Cl)c1)c1ccc(OCCc2ccccc2)cc1. The summed E-state index contributed by atoms with van der Waals surface area (Å²) in [5.74, 6) is 0.382. The van der Waals surface area contributed by atoms with Crippen LogP contribution in [-0.4, -0.2) is 17.6 Å². The molecule has 3 aromatic carbocycles. The maximum atomic E-state index is 12.4. The van der Waals surface area contributed by atoms with Crippen LogP contribution in [-0.2, 0) is 6.42 Å². The molecule has 0 heterocycles. The number of carbonyl (C=O) groups is 1. The van der Waals surface area contributed by atoms with Crippen molar-refractivity contribution in [2.75, 3.05) is 11.9 Å². The lowest BCUT2D eigenvalue weighted by molar-refractivity contribution is 0.0977. The number of halogens is 2. The largest absolute Gasteiger partial charge is 0.493 e. The summed E-state index contributed by atoms with van der Waals surface area (Å²) in [5.41, 5.74) is 2.32. The van der Waals surface area contributed by atoms with E-state index in [2.05, 4.69) is 22.8 Å². The first-order valence-corrected chi connectivity index (χ1v) is 10.0. The van der Waals surface area contributed by atoms with Crippen LogP contribution < -0.4 is 15.4 Å². The third kappa shape index (κ3) is 6.46. The van der Waals surface area contributed by atoms with Crippen molar-refractivity contribution in [2.45, 2.75) is 6.42 Å². The van der Waals surface area contributed by atoms with Crippen molar-refractivity contribution in [2.24, 2.45) is 0 Å². The fourth-order valence-electron chi connectivity index (χ4n) is 2.55. The van der Waals surface area contributed by atoms with Gasteiger partial charge in [0.2, 0.25) is 0 Å². The van der Waals surface area contributed by atoms with Gasteiger partial charge < -0.3 is 10.1 Å². The average molecular weight is 445 g/mol. The Bertz CT molecular complexity index is 995. The number of carbonyl (C=O) groups excluding carboxylic acids is 1. The third-order valence-corrected chi connectivity index (χ3v) is 4.97. The van der Waals surface area contributed by atoms with Crippen LogP contribution in [0, 0.1) is 0 Å². The molecule has 148 valence electrons. The Balaban J connectivity index is 1.49. The highest BCUT2D eigenvalue weighted by Gasteiger charge is 2.09. The minimum absolute atomic E-state index is 0.163. The standard InChI is InChI=1S/C22H18Cl2N2O2S/c23-19-11-8-17(14-20(19)24)25-22(29)26-21(27)16-6-9-18(10-7-16)28-13-12-15-4-2-1-3-5-15/h1-11,14H,12-13H2,(H2,25,26,27,29). The van der Waals surface area contributed by atoms with Crippen molar-refractivity contribution in [1.82, 2.24) is 5.32 Å². The molecule has 0 radical (unpaired) electrons. The lowest BCUT2D eigenvalue weighted by atomic mass is 10.2. The zero-order valence-electron chi connectivity index (χ0n) is 15.3. The van der Waals surface area contributed by atoms with E-state index in [0.717, 1.165) is 6.42 Å². The lowest BCUT2D eigenvalue weighted by Gasteiger charge is -2.11. The quantitative estimate of drug-likeness (QED) is 0.475. The summed E-state index contributed by atoms with van der Waals surface area (Å²) < 4.78 is 5.73. The molecule has 0 aliphatic heterocycles. The predicted octanol–water partition coefficient (Wildman–Crippen LogP) is 5.74. The number of hydrogen-bond acceptors (Lipinski definition) is 3. The van der Waals surface area contributed by atoms with Crippen LogP contribution in [0.25, 0.3) is 0 Å². The van der Waals surface area contributed by atoms with Crippen LogP contribution in [0.4, 0.5) is 5.69 Å². The second-order valence-electron chi connectivity index (χ2n) is 6.15. The Morgan fingerprint density at radius 1 is 0.931 bits per heavy atom. The van der Waals surface area contributed by atoms with Gasteiger partial charge >= 0.3 is 0 Å². The van der Waals surface area contributed by atoms with E-state index in [1.165, 1.54) is 5.56 Å². The summed E-state index contributed by atoms with van der Waals surface area (Å²) >= 11 is 17.0. The molecule has 0 fully saturated rings. The molecule has 0 atom stereocenters. The van der Waals surface area contributed by atoms with Crippen molar-refractivity contribution >= 4 is 52.1 Å². The maximum Gasteiger partial charge on any atom is 0.257 e. The van der Waals surface area contributed by atoms with Gasteiger partial charge in [-0.25, -0.2) is 0 Å². The van der Waals surface area contributed by atoms with E-state index in [1.54, 1.807) is 42.5 Å². The number of ether oxygens (including phenoxy) is 1. The normalized spacial score (nSPS) is 10.3. The van der Waals surface area contributed by atoms with E-state index in [1.807, 2.05) is 18.2 Å². The third-order valence-electron chi connectivity index (χ3n) is 4.02. The molecule has 0 spiro atoms. The molecule has 0 aliphatic rings. The number of benzene rings is 3. The van der Waals surface area contributed by atoms with E-state index >= 15 is 0 Å². The zero-order valence-corrected chi connectivity index (χ0v) is 17.7. The highest BCUT2D eigenvalue weighted by Crippen LogP contribution is 2.25. The van der Waals surface area contributed by atoms with Crippen LogP contribution in [0.15, 0.2) is 72.8 Å². The minimum Gasteiger partial charge on any atom is -0.493 e. The average Bonchev–Trinajstić information content (AvgIpc) is 2.72. The fourth-order valence-corrected chi connectivity index (χ4v) is 3.05. The van der Waals surface area contributed by atoms with E-state index in [4.69, 9.17) is 40.2 Å². The first-order valence-electron chi connectivity index (χ1n) is 8.85. The van der Waals surface area contributed by atoms with Crippen molar-refractivity contribution in [3.63, 3.8) is 0 Å². The molecule has 4 nitrogen and oxygen atoms in total. The van der Waals surface area contributed by atoms with Gasteiger partial charge in [0.05, 0.1) is 16.7 Å².